The van der Waals surface area contributed by atoms with Crippen LogP contribution in [0, 0.1) is 0 Å². The fourth-order valence-corrected chi connectivity index (χ4v) is 1.21. The minimum Gasteiger partial charge on any atom is -0.368 e. The normalized spacial score (nSPS) is 14.9. The molecule has 0 fully saturated rings. The van der Waals surface area contributed by atoms with Crippen molar-refractivity contribution in [1.29, 1.82) is 0 Å². The molecule has 0 saturated carbocycles. The number of hydrogen-bond donors (Lipinski definition) is 2. The average Bonchev–Trinajstić information content (AvgIpc) is 2.17. The highest BCUT2D eigenvalue weighted by Crippen LogP contribution is 2.16. The van der Waals surface area contributed by atoms with Gasteiger partial charge in [-0.3, -0.25) is 4.79 Å². The number of benzene rings is 1. The van der Waals surface area contributed by atoms with Crippen LogP contribution in [0.3, 0.4) is 0 Å². The van der Waals surface area contributed by atoms with Crippen LogP contribution in [-0.4, -0.2) is 11.9 Å². The third-order valence-electron chi connectivity index (χ3n) is 2.19. The van der Waals surface area contributed by atoms with Crippen molar-refractivity contribution in [2.45, 2.75) is 18.9 Å². The molecule has 1 rings (SSSR count). The van der Waals surface area contributed by atoms with Crippen molar-refractivity contribution in [2.75, 3.05) is 0 Å². The van der Waals surface area contributed by atoms with Crippen molar-refractivity contribution in [3.8, 4) is 0 Å². The summed E-state index contributed by atoms with van der Waals surface area (Å²) in [5.41, 5.74) is 11.8. The number of primary amides is 1. The van der Waals surface area contributed by atoms with E-state index in [4.69, 9.17) is 11.5 Å². The highest BCUT2D eigenvalue weighted by Gasteiger charge is 2.18. The Bertz CT molecular complexity index is 284. The van der Waals surface area contributed by atoms with Crippen molar-refractivity contribution in [1.82, 2.24) is 0 Å². The summed E-state index contributed by atoms with van der Waals surface area (Å²) in [6.45, 7) is 1.89. The smallest absolute Gasteiger partial charge is 0.234 e. The van der Waals surface area contributed by atoms with Gasteiger partial charge >= 0.3 is 0 Å². The van der Waals surface area contributed by atoms with E-state index in [0.29, 0.717) is 0 Å². The topological polar surface area (TPSA) is 69.1 Å². The fraction of sp³-hybridized carbons (Fsp3) is 0.300. The van der Waals surface area contributed by atoms with Gasteiger partial charge in [0.15, 0.2) is 0 Å². The van der Waals surface area contributed by atoms with Gasteiger partial charge in [0.25, 0.3) is 0 Å². The maximum absolute atomic E-state index is 10.8. The molecule has 2 atom stereocenters. The lowest BCUT2D eigenvalue weighted by molar-refractivity contribution is -0.119. The molecule has 0 radical (unpaired) electrons. The molecule has 2 unspecified atom stereocenters. The second-order valence-corrected chi connectivity index (χ2v) is 3.13. The first kappa shape index (κ1) is 9.74. The molecule has 1 amide bonds. The van der Waals surface area contributed by atoms with E-state index in [9.17, 15) is 4.79 Å². The zero-order valence-corrected chi connectivity index (χ0v) is 7.60. The predicted molar refractivity (Wildman–Crippen MR) is 52.0 cm³/mol. The van der Waals surface area contributed by atoms with Crippen LogP contribution in [0.25, 0.3) is 0 Å². The molecule has 0 saturated heterocycles. The summed E-state index contributed by atoms with van der Waals surface area (Å²) in [6.07, 6.45) is 0. The number of carbonyl (C=O) groups is 1. The molecule has 0 spiro atoms. The van der Waals surface area contributed by atoms with Gasteiger partial charge in [0.05, 0.1) is 6.04 Å². The lowest BCUT2D eigenvalue weighted by Crippen LogP contribution is -2.40. The lowest BCUT2D eigenvalue weighted by atomic mass is 9.94. The van der Waals surface area contributed by atoms with E-state index < -0.39 is 11.9 Å². The maximum atomic E-state index is 10.8. The summed E-state index contributed by atoms with van der Waals surface area (Å²) in [5.74, 6) is -0.491. The van der Waals surface area contributed by atoms with E-state index in [1.54, 1.807) is 0 Å². The standard InChI is InChI=1S/C10H14N2O/c1-7(9(11)10(12)13)8-5-3-2-4-6-8/h2-7,9H,11H2,1H3,(H2,12,13). The lowest BCUT2D eigenvalue weighted by Gasteiger charge is -2.16. The Kier molecular flexibility index (Phi) is 3.03. The average molecular weight is 178 g/mol. The molecule has 0 aromatic heterocycles. The van der Waals surface area contributed by atoms with Crippen molar-refractivity contribution >= 4 is 5.91 Å². The second-order valence-electron chi connectivity index (χ2n) is 3.13. The summed E-state index contributed by atoms with van der Waals surface area (Å²) in [5, 5.41) is 0. The summed E-state index contributed by atoms with van der Waals surface area (Å²) < 4.78 is 0. The SMILES string of the molecule is CC(c1ccccc1)C(N)C(N)=O. The molecule has 0 aliphatic carbocycles. The molecular weight excluding hydrogens is 164 g/mol. The number of amides is 1. The largest absolute Gasteiger partial charge is 0.368 e. The minimum atomic E-state index is -0.609. The van der Waals surface area contributed by atoms with Crippen molar-refractivity contribution in [3.63, 3.8) is 0 Å². The van der Waals surface area contributed by atoms with Gasteiger partial charge in [0.2, 0.25) is 5.91 Å². The number of rotatable bonds is 3. The molecule has 0 heterocycles. The second kappa shape index (κ2) is 4.05. The van der Waals surface area contributed by atoms with E-state index in [1.807, 2.05) is 37.3 Å². The van der Waals surface area contributed by atoms with Gasteiger partial charge in [0, 0.05) is 5.92 Å². The van der Waals surface area contributed by atoms with Gasteiger partial charge in [0.1, 0.15) is 0 Å². The quantitative estimate of drug-likeness (QED) is 0.711. The molecule has 3 nitrogen and oxygen atoms in total. The predicted octanol–water partition coefficient (Wildman–Crippen LogP) is 0.603. The molecule has 0 aliphatic heterocycles. The monoisotopic (exact) mass is 178 g/mol. The summed E-state index contributed by atoms with van der Waals surface area (Å²) in [4.78, 5) is 10.8. The van der Waals surface area contributed by atoms with E-state index in [1.165, 1.54) is 0 Å². The van der Waals surface area contributed by atoms with Gasteiger partial charge in [-0.2, -0.15) is 0 Å². The summed E-state index contributed by atoms with van der Waals surface area (Å²) in [6, 6.07) is 9.02. The number of nitrogens with two attached hydrogens (primary N) is 2. The first-order valence-corrected chi connectivity index (χ1v) is 4.22. The van der Waals surface area contributed by atoms with Crippen molar-refractivity contribution in [2.24, 2.45) is 11.5 Å². The van der Waals surface area contributed by atoms with Crippen LogP contribution in [0.15, 0.2) is 30.3 Å². The molecular formula is C10H14N2O. The van der Waals surface area contributed by atoms with Crippen molar-refractivity contribution in [3.05, 3.63) is 35.9 Å². The van der Waals surface area contributed by atoms with Crippen LogP contribution in [0.5, 0.6) is 0 Å². The van der Waals surface area contributed by atoms with Crippen LogP contribution in [0.1, 0.15) is 18.4 Å². The van der Waals surface area contributed by atoms with Crippen LogP contribution in [0.2, 0.25) is 0 Å². The van der Waals surface area contributed by atoms with Crippen molar-refractivity contribution < 1.29 is 4.79 Å². The van der Waals surface area contributed by atoms with E-state index in [-0.39, 0.29) is 5.92 Å². The number of hydrogen-bond acceptors (Lipinski definition) is 2. The van der Waals surface area contributed by atoms with E-state index >= 15 is 0 Å². The van der Waals surface area contributed by atoms with Gasteiger partial charge in [-0.25, -0.2) is 0 Å². The molecule has 13 heavy (non-hydrogen) atoms. The Labute approximate surface area is 77.7 Å². The Morgan fingerprint density at radius 3 is 2.31 bits per heavy atom. The molecule has 3 heteroatoms. The molecule has 0 bridgehead atoms. The first-order chi connectivity index (χ1) is 6.13. The fourth-order valence-electron chi connectivity index (χ4n) is 1.21. The van der Waals surface area contributed by atoms with Crippen LogP contribution < -0.4 is 11.5 Å². The zero-order chi connectivity index (χ0) is 9.84. The first-order valence-electron chi connectivity index (χ1n) is 4.22. The van der Waals surface area contributed by atoms with E-state index in [2.05, 4.69) is 0 Å². The molecule has 4 N–H and O–H groups in total. The van der Waals surface area contributed by atoms with E-state index in [0.717, 1.165) is 5.56 Å². The Balaban J connectivity index is 2.79. The highest BCUT2D eigenvalue weighted by atomic mass is 16.1. The van der Waals surface area contributed by atoms with Crippen LogP contribution in [0.4, 0.5) is 0 Å². The van der Waals surface area contributed by atoms with Crippen LogP contribution in [-0.2, 0) is 4.79 Å². The molecule has 1 aromatic carbocycles. The van der Waals surface area contributed by atoms with Crippen LogP contribution >= 0.6 is 0 Å². The van der Waals surface area contributed by atoms with Gasteiger partial charge in [-0.1, -0.05) is 37.3 Å². The molecule has 0 aliphatic rings. The summed E-state index contributed by atoms with van der Waals surface area (Å²) in [7, 11) is 0. The van der Waals surface area contributed by atoms with Gasteiger partial charge in [-0.15, -0.1) is 0 Å². The Morgan fingerprint density at radius 1 is 1.31 bits per heavy atom. The Morgan fingerprint density at radius 2 is 1.85 bits per heavy atom. The third-order valence-corrected chi connectivity index (χ3v) is 2.19. The summed E-state index contributed by atoms with van der Waals surface area (Å²) >= 11 is 0. The molecule has 1 aromatic rings. The van der Waals surface area contributed by atoms with Gasteiger partial charge in [-0.05, 0) is 5.56 Å². The maximum Gasteiger partial charge on any atom is 0.234 e. The minimum absolute atomic E-state index is 0.0290. The van der Waals surface area contributed by atoms with Gasteiger partial charge < -0.3 is 11.5 Å². The highest BCUT2D eigenvalue weighted by molar-refractivity contribution is 5.80. The Hall–Kier alpha value is -1.35. The molecule has 70 valence electrons. The third kappa shape index (κ3) is 2.29. The number of carbonyl (C=O) groups excluding carboxylic acids is 1. The zero-order valence-electron chi connectivity index (χ0n) is 7.60.